The summed E-state index contributed by atoms with van der Waals surface area (Å²) in [5.74, 6) is 1.40. The van der Waals surface area contributed by atoms with Crippen molar-refractivity contribution in [2.24, 2.45) is 5.92 Å². The fourth-order valence-corrected chi connectivity index (χ4v) is 6.33. The molecule has 6 nitrogen and oxygen atoms in total. The van der Waals surface area contributed by atoms with E-state index in [0.29, 0.717) is 21.9 Å². The van der Waals surface area contributed by atoms with Crippen molar-refractivity contribution in [3.8, 4) is 0 Å². The molecule has 1 aliphatic carbocycles. The molecule has 2 amide bonds. The molecule has 2 aliphatic rings. The number of carboxylic acid groups (broad SMARTS) is 1. The van der Waals surface area contributed by atoms with Crippen LogP contribution in [0.5, 0.6) is 0 Å². The number of amides is 2. The normalized spacial score (nSPS) is 20.0. The third-order valence-electron chi connectivity index (χ3n) is 9.06. The Hall–Kier alpha value is -3.06. The third-order valence-corrected chi connectivity index (χ3v) is 9.80. The van der Waals surface area contributed by atoms with E-state index in [1.54, 1.807) is 14.0 Å². The van der Waals surface area contributed by atoms with Crippen molar-refractivity contribution in [3.63, 3.8) is 0 Å². The summed E-state index contributed by atoms with van der Waals surface area (Å²) in [5, 5.41) is 10.0. The van der Waals surface area contributed by atoms with E-state index >= 15 is 0 Å². The van der Waals surface area contributed by atoms with E-state index in [-0.39, 0.29) is 17.5 Å². The molecule has 224 valence electrons. The molecule has 1 saturated carbocycles. The molecule has 42 heavy (non-hydrogen) atoms. The quantitative estimate of drug-likeness (QED) is 0.295. The Bertz CT molecular complexity index is 1350. The summed E-state index contributed by atoms with van der Waals surface area (Å²) in [6, 6.07) is 26.0. The highest BCUT2D eigenvalue weighted by molar-refractivity contribution is 6.42. The number of nitrogens with zero attached hydrogens (tertiary/aromatic N) is 3. The Morgan fingerprint density at radius 3 is 2.10 bits per heavy atom. The molecule has 1 N–H and O–H groups in total. The van der Waals surface area contributed by atoms with Crippen molar-refractivity contribution in [3.05, 3.63) is 106 Å². The van der Waals surface area contributed by atoms with Crippen molar-refractivity contribution in [1.82, 2.24) is 14.7 Å². The van der Waals surface area contributed by atoms with Crippen molar-refractivity contribution in [2.75, 3.05) is 33.7 Å². The number of hydrogen-bond donors (Lipinski definition) is 1. The molecule has 5 rings (SSSR count). The molecule has 0 radical (unpaired) electrons. The molecule has 1 heterocycles. The van der Waals surface area contributed by atoms with Crippen LogP contribution in [-0.4, -0.2) is 65.5 Å². The molecule has 3 aromatic rings. The first kappa shape index (κ1) is 31.9. The molecule has 1 saturated heterocycles. The maximum absolute atomic E-state index is 12.2. The van der Waals surface area contributed by atoms with Gasteiger partial charge < -0.3 is 19.8 Å². The van der Waals surface area contributed by atoms with Gasteiger partial charge in [-0.25, -0.2) is 4.79 Å². The first-order valence-corrected chi connectivity index (χ1v) is 15.3. The number of hydrogen-bond acceptors (Lipinski definition) is 3. The van der Waals surface area contributed by atoms with E-state index in [1.165, 1.54) is 22.4 Å². The summed E-state index contributed by atoms with van der Waals surface area (Å²) in [6.07, 6.45) is 2.25. The van der Waals surface area contributed by atoms with Crippen LogP contribution in [0.4, 0.5) is 4.79 Å². The zero-order valence-electron chi connectivity index (χ0n) is 24.8. The minimum atomic E-state index is -0.906. The number of halogens is 2. The van der Waals surface area contributed by atoms with Gasteiger partial charge in [0.25, 0.3) is 0 Å². The van der Waals surface area contributed by atoms with E-state index in [2.05, 4.69) is 35.2 Å². The van der Waals surface area contributed by atoms with Crippen molar-refractivity contribution in [2.45, 2.75) is 50.6 Å². The lowest BCUT2D eigenvalue weighted by Gasteiger charge is -2.47. The molecule has 0 aromatic heterocycles. The lowest BCUT2D eigenvalue weighted by Crippen LogP contribution is -2.53. The number of carbonyl (C=O) groups is 2. The Morgan fingerprint density at radius 1 is 0.952 bits per heavy atom. The molecular formula is C34H41Cl2N3O3. The molecule has 0 unspecified atom stereocenters. The minimum Gasteiger partial charge on any atom is -0.465 e. The maximum Gasteiger partial charge on any atom is 0.407 e. The average molecular weight is 611 g/mol. The topological polar surface area (TPSA) is 64.1 Å². The van der Waals surface area contributed by atoms with Crippen LogP contribution in [0.2, 0.25) is 10.0 Å². The SMILES string of the molecule is CC(=O)N(C)C1(c2ccccc2)CCN(C[C@@H]2C[C@@H]2c2ccc(Cl)c(Cl)c2)CC1.C[C@@H](c1ccccc1)N(C)C(=O)O. The highest BCUT2D eigenvalue weighted by Gasteiger charge is 2.44. The number of piperidine rings is 1. The first-order valence-electron chi connectivity index (χ1n) is 14.5. The molecule has 3 aromatic carbocycles. The van der Waals surface area contributed by atoms with Gasteiger partial charge in [-0.1, -0.05) is 89.9 Å². The third kappa shape index (κ3) is 7.47. The zero-order valence-corrected chi connectivity index (χ0v) is 26.4. The van der Waals surface area contributed by atoms with Gasteiger partial charge >= 0.3 is 6.09 Å². The van der Waals surface area contributed by atoms with E-state index in [9.17, 15) is 9.59 Å². The highest BCUT2D eigenvalue weighted by Crippen LogP contribution is 2.49. The summed E-state index contributed by atoms with van der Waals surface area (Å²) in [4.78, 5) is 28.7. The van der Waals surface area contributed by atoms with Crippen LogP contribution in [0.25, 0.3) is 0 Å². The Balaban J connectivity index is 0.000000262. The van der Waals surface area contributed by atoms with Crippen LogP contribution in [0.15, 0.2) is 78.9 Å². The van der Waals surface area contributed by atoms with Crippen LogP contribution < -0.4 is 0 Å². The second-order valence-corrected chi connectivity index (χ2v) is 12.3. The molecule has 8 heteroatoms. The molecule has 0 spiro atoms. The van der Waals surface area contributed by atoms with Crippen LogP contribution >= 0.6 is 23.2 Å². The minimum absolute atomic E-state index is 0.0984. The predicted octanol–water partition coefficient (Wildman–Crippen LogP) is 7.92. The number of benzene rings is 3. The lowest BCUT2D eigenvalue weighted by atomic mass is 9.79. The van der Waals surface area contributed by atoms with Crippen molar-refractivity contribution >= 4 is 35.2 Å². The number of likely N-dealkylation sites (tertiary alicyclic amines) is 1. The summed E-state index contributed by atoms with van der Waals surface area (Å²) in [5.41, 5.74) is 3.36. The van der Waals surface area contributed by atoms with Gasteiger partial charge in [0.1, 0.15) is 0 Å². The Kier molecular flexibility index (Phi) is 10.6. The molecule has 2 fully saturated rings. The van der Waals surface area contributed by atoms with Gasteiger partial charge in [0, 0.05) is 40.7 Å². The van der Waals surface area contributed by atoms with Crippen LogP contribution in [0, 0.1) is 5.92 Å². The number of carbonyl (C=O) groups excluding carboxylic acids is 1. The van der Waals surface area contributed by atoms with E-state index in [4.69, 9.17) is 28.3 Å². The summed E-state index contributed by atoms with van der Waals surface area (Å²) < 4.78 is 0. The van der Waals surface area contributed by atoms with Crippen LogP contribution in [-0.2, 0) is 10.3 Å². The van der Waals surface area contributed by atoms with Gasteiger partial charge in [0.2, 0.25) is 5.91 Å². The highest BCUT2D eigenvalue weighted by atomic mass is 35.5. The molecular weight excluding hydrogens is 569 g/mol. The maximum atomic E-state index is 12.2. The van der Waals surface area contributed by atoms with E-state index in [0.717, 1.165) is 38.0 Å². The smallest absolute Gasteiger partial charge is 0.407 e. The van der Waals surface area contributed by atoms with E-state index in [1.807, 2.05) is 67.4 Å². The monoisotopic (exact) mass is 609 g/mol. The van der Waals surface area contributed by atoms with Gasteiger partial charge in [0.15, 0.2) is 0 Å². The van der Waals surface area contributed by atoms with Gasteiger partial charge in [0.05, 0.1) is 21.6 Å². The first-order chi connectivity index (χ1) is 20.0. The zero-order chi connectivity index (χ0) is 30.4. The predicted molar refractivity (Wildman–Crippen MR) is 170 cm³/mol. The fourth-order valence-electron chi connectivity index (χ4n) is 6.03. The summed E-state index contributed by atoms with van der Waals surface area (Å²) in [6.45, 7) is 6.67. The van der Waals surface area contributed by atoms with Crippen molar-refractivity contribution < 1.29 is 14.7 Å². The van der Waals surface area contributed by atoms with Gasteiger partial charge in [-0.3, -0.25) is 4.79 Å². The molecule has 3 atom stereocenters. The van der Waals surface area contributed by atoms with Crippen LogP contribution in [0.1, 0.15) is 61.8 Å². The Morgan fingerprint density at radius 2 is 1.55 bits per heavy atom. The van der Waals surface area contributed by atoms with Gasteiger partial charge in [-0.15, -0.1) is 0 Å². The standard InChI is InChI=1S/C24H28Cl2N2O.C10H13NO2/c1-17(29)27(2)24(20-6-4-3-5-7-20)10-12-28(13-11-24)16-19-14-21(19)18-8-9-22(25)23(26)15-18;1-8(11(2)10(12)13)9-6-4-3-5-7-9/h3-9,15,19,21H,10-14,16H2,1-2H3;3-8H,1-2H3,(H,12,13)/t19-,21+;8-/m00/s1. The second-order valence-electron chi connectivity index (χ2n) is 11.5. The lowest BCUT2D eigenvalue weighted by molar-refractivity contribution is -0.136. The van der Waals surface area contributed by atoms with Gasteiger partial charge in [-0.05, 0) is 66.8 Å². The summed E-state index contributed by atoms with van der Waals surface area (Å²) in [7, 11) is 3.52. The largest absolute Gasteiger partial charge is 0.465 e. The fraction of sp³-hybridized carbons (Fsp3) is 0.412. The number of rotatable bonds is 7. The Labute approximate surface area is 259 Å². The second kappa shape index (κ2) is 13.9. The molecule has 1 aliphatic heterocycles. The average Bonchev–Trinajstić information content (AvgIpc) is 3.78. The van der Waals surface area contributed by atoms with Gasteiger partial charge in [-0.2, -0.15) is 0 Å². The van der Waals surface area contributed by atoms with Crippen LogP contribution in [0.3, 0.4) is 0 Å². The molecule has 0 bridgehead atoms. The summed E-state index contributed by atoms with van der Waals surface area (Å²) >= 11 is 12.3. The van der Waals surface area contributed by atoms with E-state index < -0.39 is 6.09 Å². The van der Waals surface area contributed by atoms with Crippen molar-refractivity contribution in [1.29, 1.82) is 0 Å².